The smallest absolute Gasteiger partial charge is 0.269 e. The van der Waals surface area contributed by atoms with Crippen LogP contribution in [-0.2, 0) is 21.4 Å². The van der Waals surface area contributed by atoms with Gasteiger partial charge in [-0.3, -0.25) is 0 Å². The van der Waals surface area contributed by atoms with E-state index in [0.29, 0.717) is 16.7 Å². The summed E-state index contributed by atoms with van der Waals surface area (Å²) in [6.07, 6.45) is 1.50. The molecule has 0 fully saturated rings. The van der Waals surface area contributed by atoms with E-state index in [2.05, 4.69) is 9.71 Å². The molecule has 7 nitrogen and oxygen atoms in total. The van der Waals surface area contributed by atoms with Crippen LogP contribution in [0.1, 0.15) is 38.1 Å². The van der Waals surface area contributed by atoms with Gasteiger partial charge in [0.05, 0.1) is 17.7 Å². The first-order valence-electron chi connectivity index (χ1n) is 10.8. The molecule has 184 valence electrons. The van der Waals surface area contributed by atoms with E-state index in [4.69, 9.17) is 4.74 Å². The maximum absolute atomic E-state index is 14.4. The maximum Gasteiger partial charge on any atom is 0.269 e. The molecular weight excluding hydrogens is 489 g/mol. The molecule has 35 heavy (non-hydrogen) atoms. The molecule has 2 aromatic carbocycles. The van der Waals surface area contributed by atoms with Crippen molar-refractivity contribution in [1.29, 1.82) is 0 Å². The van der Waals surface area contributed by atoms with Gasteiger partial charge in [0.15, 0.2) is 5.65 Å². The van der Waals surface area contributed by atoms with Crippen LogP contribution in [-0.4, -0.2) is 33.8 Å². The minimum absolute atomic E-state index is 0.0614. The summed E-state index contributed by atoms with van der Waals surface area (Å²) in [5.74, 6) is -0.225. The van der Waals surface area contributed by atoms with Crippen molar-refractivity contribution in [3.05, 3.63) is 90.0 Å². The summed E-state index contributed by atoms with van der Waals surface area (Å²) in [6, 6.07) is 16.0. The van der Waals surface area contributed by atoms with Gasteiger partial charge in [-0.2, -0.15) is 0 Å². The van der Waals surface area contributed by atoms with Crippen LogP contribution in [0.15, 0.2) is 77.8 Å². The molecule has 2 aromatic heterocycles. The number of hydrogen-bond acceptors (Lipinski definition) is 6. The summed E-state index contributed by atoms with van der Waals surface area (Å²) < 4.78 is 64.4. The summed E-state index contributed by atoms with van der Waals surface area (Å²) in [6.45, 7) is 5.36. The Kier molecular flexibility index (Phi) is 6.92. The normalized spacial score (nSPS) is 14.1. The number of methoxy groups -OCH3 is 1. The van der Waals surface area contributed by atoms with E-state index in [1.165, 1.54) is 43.6 Å². The van der Waals surface area contributed by atoms with Crippen molar-refractivity contribution in [2.75, 3.05) is 7.11 Å². The molecule has 10 heteroatoms. The minimum atomic E-state index is -4.13. The van der Waals surface area contributed by atoms with Gasteiger partial charge in [0.25, 0.3) is 10.0 Å². The van der Waals surface area contributed by atoms with Crippen molar-refractivity contribution >= 4 is 32.4 Å². The molecule has 0 saturated carbocycles. The first kappa shape index (κ1) is 25.2. The Morgan fingerprint density at radius 1 is 1.09 bits per heavy atom. The fourth-order valence-corrected chi connectivity index (χ4v) is 6.02. The van der Waals surface area contributed by atoms with Gasteiger partial charge in [-0.1, -0.05) is 18.2 Å². The first-order valence-corrected chi connectivity index (χ1v) is 13.4. The van der Waals surface area contributed by atoms with E-state index < -0.39 is 38.0 Å². The molecule has 0 radical (unpaired) electrons. The number of aromatic nitrogens is 2. The molecule has 0 aliphatic rings. The molecule has 2 heterocycles. The van der Waals surface area contributed by atoms with Crippen LogP contribution in [0.3, 0.4) is 0 Å². The third-order valence-corrected chi connectivity index (χ3v) is 8.70. The highest BCUT2D eigenvalue weighted by atomic mass is 32.2. The van der Waals surface area contributed by atoms with Crippen LogP contribution in [0.5, 0.6) is 5.75 Å². The lowest BCUT2D eigenvalue weighted by atomic mass is 10.0. The monoisotopic (exact) mass is 515 g/mol. The second-order valence-electron chi connectivity index (χ2n) is 8.89. The summed E-state index contributed by atoms with van der Waals surface area (Å²) in [5, 5.41) is 0.561. The largest absolute Gasteiger partial charge is 0.598 e. The highest BCUT2D eigenvalue weighted by Gasteiger charge is 2.36. The molecule has 0 saturated heterocycles. The maximum atomic E-state index is 14.4. The van der Waals surface area contributed by atoms with E-state index in [1.807, 2.05) is 0 Å². The van der Waals surface area contributed by atoms with Crippen LogP contribution in [0.4, 0.5) is 4.39 Å². The van der Waals surface area contributed by atoms with Crippen molar-refractivity contribution in [2.24, 2.45) is 0 Å². The van der Waals surface area contributed by atoms with Crippen molar-refractivity contribution in [2.45, 2.75) is 36.5 Å². The van der Waals surface area contributed by atoms with Gasteiger partial charge >= 0.3 is 0 Å². The van der Waals surface area contributed by atoms with E-state index in [1.54, 1.807) is 57.2 Å². The Balaban J connectivity index is 2.04. The van der Waals surface area contributed by atoms with Gasteiger partial charge < -0.3 is 9.29 Å². The third kappa shape index (κ3) is 4.92. The molecule has 2 atom stereocenters. The molecule has 4 rings (SSSR count). The Labute approximate surface area is 207 Å². The van der Waals surface area contributed by atoms with Gasteiger partial charge in [-0.25, -0.2) is 21.8 Å². The molecule has 0 aliphatic carbocycles. The van der Waals surface area contributed by atoms with Crippen molar-refractivity contribution < 1.29 is 22.1 Å². The van der Waals surface area contributed by atoms with E-state index in [-0.39, 0.29) is 16.2 Å². The number of ether oxygens (including phenoxy) is 1. The van der Waals surface area contributed by atoms with Crippen LogP contribution in [0, 0.1) is 5.82 Å². The summed E-state index contributed by atoms with van der Waals surface area (Å²) in [4.78, 5) is 4.39. The Hall–Kier alpha value is -2.92. The Morgan fingerprint density at radius 3 is 2.46 bits per heavy atom. The quantitative estimate of drug-likeness (QED) is 0.363. The summed E-state index contributed by atoms with van der Waals surface area (Å²) in [5.41, 5.74) is 0.733. The minimum Gasteiger partial charge on any atom is -0.598 e. The van der Waals surface area contributed by atoms with Crippen LogP contribution in [0.2, 0.25) is 0 Å². The molecule has 0 bridgehead atoms. The molecule has 2 unspecified atom stereocenters. The predicted molar refractivity (Wildman–Crippen MR) is 135 cm³/mol. The number of benzene rings is 2. The van der Waals surface area contributed by atoms with E-state index in [0.717, 1.165) is 3.97 Å². The van der Waals surface area contributed by atoms with Crippen LogP contribution >= 0.6 is 0 Å². The Morgan fingerprint density at radius 2 is 1.80 bits per heavy atom. The van der Waals surface area contributed by atoms with Crippen molar-refractivity contribution in [1.82, 2.24) is 13.7 Å². The van der Waals surface area contributed by atoms with Gasteiger partial charge in [0.1, 0.15) is 22.4 Å². The predicted octanol–water partition coefficient (Wildman–Crippen LogP) is 4.56. The van der Waals surface area contributed by atoms with Crippen LogP contribution < -0.4 is 9.46 Å². The lowest BCUT2D eigenvalue weighted by Crippen LogP contribution is -2.42. The van der Waals surface area contributed by atoms with Gasteiger partial charge in [0.2, 0.25) is 0 Å². The lowest BCUT2D eigenvalue weighted by Gasteiger charge is -2.29. The average Bonchev–Trinajstić information content (AvgIpc) is 3.22. The van der Waals surface area contributed by atoms with Gasteiger partial charge in [-0.15, -0.1) is 4.72 Å². The number of rotatable bonds is 7. The molecule has 1 N–H and O–H groups in total. The highest BCUT2D eigenvalue weighted by Crippen LogP contribution is 2.37. The number of nitrogens with one attached hydrogen (secondary N) is 1. The summed E-state index contributed by atoms with van der Waals surface area (Å²) >= 11 is -1.64. The van der Waals surface area contributed by atoms with Crippen molar-refractivity contribution in [3.8, 4) is 5.75 Å². The third-order valence-electron chi connectivity index (χ3n) is 5.41. The number of fused-ring (bicyclic) bond motifs is 1. The molecule has 0 aliphatic heterocycles. The number of hydrogen-bond donors (Lipinski definition) is 1. The fourth-order valence-electron chi connectivity index (χ4n) is 3.68. The molecule has 0 spiro atoms. The fraction of sp³-hybridized carbons (Fsp3) is 0.240. The number of pyridine rings is 1. The number of nitrogens with zero attached hydrogens (tertiary/aromatic N) is 2. The van der Waals surface area contributed by atoms with Gasteiger partial charge in [-0.05, 0) is 69.3 Å². The summed E-state index contributed by atoms with van der Waals surface area (Å²) in [7, 11) is -2.69. The van der Waals surface area contributed by atoms with Gasteiger partial charge in [0, 0.05) is 28.5 Å². The van der Waals surface area contributed by atoms with E-state index in [9.17, 15) is 17.4 Å². The van der Waals surface area contributed by atoms with E-state index >= 15 is 0 Å². The zero-order chi connectivity index (χ0) is 25.4. The zero-order valence-electron chi connectivity index (χ0n) is 19.7. The average molecular weight is 516 g/mol. The number of halogens is 1. The highest BCUT2D eigenvalue weighted by molar-refractivity contribution is 7.91. The standard InChI is InChI=1S/C25H26FN3O4S2/c1-25(2,3)34(30)28-23(20-16-18(26)12-13-22(20)33-4)21-15-17-9-8-14-27-24(17)29(21)35(31,32)19-10-6-5-7-11-19/h5-16,23,28H,1-4H3. The zero-order valence-corrected chi connectivity index (χ0v) is 21.4. The molecular formula is C25H26FN3O4S2. The van der Waals surface area contributed by atoms with Crippen molar-refractivity contribution in [3.63, 3.8) is 0 Å². The molecule has 0 amide bonds. The molecule has 4 aromatic rings. The second kappa shape index (κ2) is 9.62. The lowest BCUT2D eigenvalue weighted by molar-refractivity contribution is 0.404. The van der Waals surface area contributed by atoms with Crippen LogP contribution in [0.25, 0.3) is 11.0 Å². The topological polar surface area (TPSA) is 96.3 Å². The first-order chi connectivity index (χ1) is 16.5. The SMILES string of the molecule is COc1ccc(F)cc1C(N[S+]([O-])C(C)(C)C)c1cc2cccnc2n1S(=O)(=O)c1ccccc1. The Bertz CT molecular complexity index is 1450. The second-order valence-corrected chi connectivity index (χ2v) is 12.7.